The lowest BCUT2D eigenvalue weighted by Gasteiger charge is -2.26. The van der Waals surface area contributed by atoms with Gasteiger partial charge in [0.2, 0.25) is 5.91 Å². The second kappa shape index (κ2) is 8.06. The van der Waals surface area contributed by atoms with Crippen LogP contribution in [0.5, 0.6) is 17.2 Å². The van der Waals surface area contributed by atoms with E-state index < -0.39 is 0 Å². The molecule has 0 saturated carbocycles. The van der Waals surface area contributed by atoms with Crippen molar-refractivity contribution in [2.75, 3.05) is 19.8 Å². The topological polar surface area (TPSA) is 56.8 Å². The average Bonchev–Trinajstić information content (AvgIpc) is 2.60. The monoisotopic (exact) mass is 391 g/mol. The minimum Gasteiger partial charge on any atom is -0.493 e. The summed E-state index contributed by atoms with van der Waals surface area (Å²) in [5, 5.41) is 2.85. The molecule has 0 bridgehead atoms. The van der Waals surface area contributed by atoms with Gasteiger partial charge < -0.3 is 19.5 Å². The number of nitrogens with one attached hydrogen (secondary N) is 1. The Morgan fingerprint density at radius 2 is 2.04 bits per heavy atom. The van der Waals surface area contributed by atoms with Crippen LogP contribution in [0.15, 0.2) is 53.0 Å². The molecular weight excluding hydrogens is 374 g/mol. The number of hydrogen-bond donors (Lipinski definition) is 1. The van der Waals surface area contributed by atoms with Crippen LogP contribution < -0.4 is 19.5 Å². The van der Waals surface area contributed by atoms with E-state index in [0.29, 0.717) is 25.5 Å². The van der Waals surface area contributed by atoms with Gasteiger partial charge in [-0.25, -0.2) is 0 Å². The highest BCUT2D eigenvalue weighted by Crippen LogP contribution is 2.30. The van der Waals surface area contributed by atoms with Gasteiger partial charge in [-0.1, -0.05) is 34.1 Å². The number of rotatable bonds is 6. The minimum absolute atomic E-state index is 0.0764. The van der Waals surface area contributed by atoms with Crippen molar-refractivity contribution in [2.24, 2.45) is 0 Å². The van der Waals surface area contributed by atoms with Crippen LogP contribution in [0, 0.1) is 0 Å². The number of hydrogen-bond acceptors (Lipinski definition) is 4. The third-order valence-corrected chi connectivity index (χ3v) is 3.98. The Bertz CT molecular complexity index is 707. The van der Waals surface area contributed by atoms with E-state index in [1.807, 2.05) is 48.5 Å². The smallest absolute Gasteiger partial charge is 0.223 e. The molecule has 0 radical (unpaired) electrons. The number of carbonyl (C=O) groups is 1. The van der Waals surface area contributed by atoms with Crippen LogP contribution in [-0.4, -0.2) is 31.8 Å². The largest absolute Gasteiger partial charge is 0.493 e. The zero-order valence-electron chi connectivity index (χ0n) is 13.0. The average molecular weight is 392 g/mol. The van der Waals surface area contributed by atoms with Crippen LogP contribution in [0.3, 0.4) is 0 Å². The molecule has 1 heterocycles. The molecule has 1 unspecified atom stereocenters. The van der Waals surface area contributed by atoms with Crippen LogP contribution in [0.1, 0.15) is 6.42 Å². The molecule has 1 aliphatic rings. The summed E-state index contributed by atoms with van der Waals surface area (Å²) in [6.45, 7) is 1.16. The molecule has 1 atom stereocenters. The summed E-state index contributed by atoms with van der Waals surface area (Å²) in [6.07, 6.45) is 0.103. The standard InChI is InChI=1S/C18H18BrNO4/c19-13-4-3-5-14(10-13)22-9-8-18(21)20-11-15-12-23-16-6-1-2-7-17(16)24-15/h1-7,10,15H,8-9,11-12H2,(H,20,21). The molecular formula is C18H18BrNO4. The molecule has 5 nitrogen and oxygen atoms in total. The Hall–Kier alpha value is -2.21. The van der Waals surface area contributed by atoms with Crippen LogP contribution in [0.4, 0.5) is 0 Å². The molecule has 1 aliphatic heterocycles. The zero-order chi connectivity index (χ0) is 16.8. The van der Waals surface area contributed by atoms with Gasteiger partial charge in [-0.15, -0.1) is 0 Å². The van der Waals surface area contributed by atoms with Gasteiger partial charge in [0.25, 0.3) is 0 Å². The molecule has 0 fully saturated rings. The predicted molar refractivity (Wildman–Crippen MR) is 93.6 cm³/mol. The van der Waals surface area contributed by atoms with E-state index in [-0.39, 0.29) is 18.4 Å². The second-order valence-electron chi connectivity index (χ2n) is 5.36. The minimum atomic E-state index is -0.185. The van der Waals surface area contributed by atoms with E-state index in [0.717, 1.165) is 16.0 Å². The third kappa shape index (κ3) is 4.64. The van der Waals surface area contributed by atoms with Gasteiger partial charge in [0.05, 0.1) is 19.6 Å². The number of benzene rings is 2. The molecule has 0 spiro atoms. The quantitative estimate of drug-likeness (QED) is 0.821. The lowest BCUT2D eigenvalue weighted by atomic mass is 10.2. The fourth-order valence-corrected chi connectivity index (χ4v) is 2.68. The predicted octanol–water partition coefficient (Wildman–Crippen LogP) is 3.17. The molecule has 0 aromatic heterocycles. The first-order valence-corrected chi connectivity index (χ1v) is 8.53. The van der Waals surface area contributed by atoms with Gasteiger partial charge in [-0.2, -0.15) is 0 Å². The normalized spacial score (nSPS) is 15.6. The molecule has 3 rings (SSSR count). The van der Waals surface area contributed by atoms with Crippen LogP contribution in [-0.2, 0) is 4.79 Å². The third-order valence-electron chi connectivity index (χ3n) is 3.49. The van der Waals surface area contributed by atoms with E-state index in [2.05, 4.69) is 21.2 Å². The molecule has 24 heavy (non-hydrogen) atoms. The maximum absolute atomic E-state index is 11.9. The summed E-state index contributed by atoms with van der Waals surface area (Å²) in [5.41, 5.74) is 0. The van der Waals surface area contributed by atoms with Crippen molar-refractivity contribution in [1.29, 1.82) is 0 Å². The second-order valence-corrected chi connectivity index (χ2v) is 6.27. The Kier molecular flexibility index (Phi) is 5.59. The number of fused-ring (bicyclic) bond motifs is 1. The molecule has 0 aliphatic carbocycles. The lowest BCUT2D eigenvalue weighted by Crippen LogP contribution is -2.41. The van der Waals surface area contributed by atoms with Crippen molar-refractivity contribution >= 4 is 21.8 Å². The molecule has 1 amide bonds. The molecule has 6 heteroatoms. The van der Waals surface area contributed by atoms with Crippen molar-refractivity contribution in [3.8, 4) is 17.2 Å². The number of amides is 1. The van der Waals surface area contributed by atoms with E-state index in [9.17, 15) is 4.79 Å². The van der Waals surface area contributed by atoms with Gasteiger partial charge in [-0.3, -0.25) is 4.79 Å². The molecule has 2 aromatic carbocycles. The molecule has 1 N–H and O–H groups in total. The van der Waals surface area contributed by atoms with Crippen LogP contribution in [0.25, 0.3) is 0 Å². The Morgan fingerprint density at radius 3 is 2.88 bits per heavy atom. The van der Waals surface area contributed by atoms with Gasteiger partial charge in [0.15, 0.2) is 11.5 Å². The molecule has 0 saturated heterocycles. The lowest BCUT2D eigenvalue weighted by molar-refractivity contribution is -0.122. The Labute approximate surface area is 149 Å². The summed E-state index contributed by atoms with van der Waals surface area (Å²) in [5.74, 6) is 2.11. The van der Waals surface area contributed by atoms with Gasteiger partial charge >= 0.3 is 0 Å². The maximum atomic E-state index is 11.9. The molecule has 2 aromatic rings. The van der Waals surface area contributed by atoms with E-state index in [1.54, 1.807) is 0 Å². The summed E-state index contributed by atoms with van der Waals surface area (Å²) < 4.78 is 17.9. The van der Waals surface area contributed by atoms with Crippen molar-refractivity contribution in [2.45, 2.75) is 12.5 Å². The fourth-order valence-electron chi connectivity index (χ4n) is 2.30. The van der Waals surface area contributed by atoms with Crippen molar-refractivity contribution in [1.82, 2.24) is 5.32 Å². The highest BCUT2D eigenvalue weighted by atomic mass is 79.9. The van der Waals surface area contributed by atoms with Crippen molar-refractivity contribution in [3.63, 3.8) is 0 Å². The summed E-state index contributed by atoms with van der Waals surface area (Å²) in [6, 6.07) is 15.0. The Morgan fingerprint density at radius 1 is 1.21 bits per heavy atom. The first kappa shape index (κ1) is 16.6. The fraction of sp³-hybridized carbons (Fsp3) is 0.278. The van der Waals surface area contributed by atoms with Crippen LogP contribution >= 0.6 is 15.9 Å². The van der Waals surface area contributed by atoms with E-state index in [4.69, 9.17) is 14.2 Å². The van der Waals surface area contributed by atoms with Crippen molar-refractivity contribution in [3.05, 3.63) is 53.0 Å². The highest BCUT2D eigenvalue weighted by molar-refractivity contribution is 9.10. The highest BCUT2D eigenvalue weighted by Gasteiger charge is 2.20. The Balaban J connectivity index is 1.37. The van der Waals surface area contributed by atoms with Gasteiger partial charge in [0.1, 0.15) is 18.5 Å². The number of halogens is 1. The first-order valence-electron chi connectivity index (χ1n) is 7.74. The number of para-hydroxylation sites is 2. The maximum Gasteiger partial charge on any atom is 0.223 e. The summed E-state index contributed by atoms with van der Waals surface area (Å²) >= 11 is 3.38. The van der Waals surface area contributed by atoms with Gasteiger partial charge in [0, 0.05) is 4.47 Å². The van der Waals surface area contributed by atoms with Crippen LogP contribution in [0.2, 0.25) is 0 Å². The summed E-state index contributed by atoms with van der Waals surface area (Å²) in [7, 11) is 0. The number of ether oxygens (including phenoxy) is 3. The zero-order valence-corrected chi connectivity index (χ0v) is 14.6. The summed E-state index contributed by atoms with van der Waals surface area (Å²) in [4.78, 5) is 11.9. The first-order chi connectivity index (χ1) is 11.7. The van der Waals surface area contributed by atoms with E-state index >= 15 is 0 Å². The van der Waals surface area contributed by atoms with Crippen molar-refractivity contribution < 1.29 is 19.0 Å². The van der Waals surface area contributed by atoms with E-state index in [1.165, 1.54) is 0 Å². The number of carbonyl (C=O) groups excluding carboxylic acids is 1. The molecule has 126 valence electrons. The SMILES string of the molecule is O=C(CCOc1cccc(Br)c1)NCC1COc2ccccc2O1. The van der Waals surface area contributed by atoms with Gasteiger partial charge in [-0.05, 0) is 30.3 Å².